The summed E-state index contributed by atoms with van der Waals surface area (Å²) in [5.41, 5.74) is 0.343. The van der Waals surface area contributed by atoms with Crippen molar-refractivity contribution in [1.82, 2.24) is 4.98 Å². The summed E-state index contributed by atoms with van der Waals surface area (Å²) < 4.78 is 10.8. The van der Waals surface area contributed by atoms with E-state index in [-0.39, 0.29) is 0 Å². The van der Waals surface area contributed by atoms with Crippen molar-refractivity contribution < 1.29 is 19.1 Å². The van der Waals surface area contributed by atoms with Gasteiger partial charge in [0.25, 0.3) is 5.91 Å². The third kappa shape index (κ3) is 6.90. The number of hydrogen-bond acceptors (Lipinski definition) is 5. The number of carbonyl (C=O) groups is 2. The zero-order valence-electron chi connectivity index (χ0n) is 15.6. The Labute approximate surface area is 163 Å². The molecule has 1 atom stereocenters. The van der Waals surface area contributed by atoms with Gasteiger partial charge in [-0.15, -0.1) is 0 Å². The van der Waals surface area contributed by atoms with Gasteiger partial charge in [-0.1, -0.05) is 25.4 Å². The summed E-state index contributed by atoms with van der Waals surface area (Å²) in [5, 5.41) is 3.02. The van der Waals surface area contributed by atoms with Gasteiger partial charge >= 0.3 is 5.97 Å². The molecule has 7 heteroatoms. The fourth-order valence-corrected chi connectivity index (χ4v) is 2.17. The fourth-order valence-electron chi connectivity index (χ4n) is 2.06. The monoisotopic (exact) mass is 390 g/mol. The molecule has 1 amide bonds. The van der Waals surface area contributed by atoms with Crippen molar-refractivity contribution in [3.63, 3.8) is 0 Å². The van der Waals surface area contributed by atoms with Gasteiger partial charge in [0.2, 0.25) is 0 Å². The van der Waals surface area contributed by atoms with Crippen LogP contribution >= 0.6 is 11.6 Å². The van der Waals surface area contributed by atoms with Crippen molar-refractivity contribution in [2.45, 2.75) is 33.3 Å². The van der Waals surface area contributed by atoms with Crippen molar-refractivity contribution in [1.29, 1.82) is 0 Å². The van der Waals surface area contributed by atoms with Gasteiger partial charge in [-0.3, -0.25) is 4.79 Å². The highest BCUT2D eigenvalue weighted by Gasteiger charge is 2.19. The number of nitrogens with zero attached hydrogens (tertiary/aromatic N) is 1. The Balaban J connectivity index is 1.85. The van der Waals surface area contributed by atoms with Crippen LogP contribution in [0.2, 0.25) is 5.02 Å². The van der Waals surface area contributed by atoms with E-state index < -0.39 is 18.0 Å². The number of carbonyl (C=O) groups excluding carboxylic acids is 2. The van der Waals surface area contributed by atoms with Crippen LogP contribution in [0.15, 0.2) is 42.6 Å². The molecule has 1 unspecified atom stereocenters. The van der Waals surface area contributed by atoms with Crippen molar-refractivity contribution >= 4 is 29.3 Å². The number of anilines is 1. The molecule has 1 heterocycles. The summed E-state index contributed by atoms with van der Waals surface area (Å²) in [4.78, 5) is 28.3. The minimum atomic E-state index is -0.975. The average molecular weight is 391 g/mol. The summed E-state index contributed by atoms with van der Waals surface area (Å²) in [7, 11) is 0. The predicted octanol–water partition coefficient (Wildman–Crippen LogP) is 4.34. The first-order valence-electron chi connectivity index (χ1n) is 8.71. The lowest BCUT2D eigenvalue weighted by Gasteiger charge is -2.13. The Hall–Kier alpha value is -2.60. The van der Waals surface area contributed by atoms with Crippen LogP contribution in [0.4, 0.5) is 5.82 Å². The van der Waals surface area contributed by atoms with Crippen LogP contribution in [0.25, 0.3) is 0 Å². The third-order valence-corrected chi connectivity index (χ3v) is 3.91. The predicted molar refractivity (Wildman–Crippen MR) is 104 cm³/mol. The number of aromatic nitrogens is 1. The number of halogens is 1. The Morgan fingerprint density at radius 1 is 1.11 bits per heavy atom. The quantitative estimate of drug-likeness (QED) is 0.678. The maximum absolute atomic E-state index is 12.2. The largest absolute Gasteiger partial charge is 0.494 e. The standard InChI is InChI=1S/C20H23ClN2O4/c1-13(2)10-11-26-17-7-4-15(5-8-17)20(25)27-14(3)19(24)23-18-9-6-16(21)12-22-18/h4-9,12-14H,10-11H2,1-3H3,(H,22,23,24). The summed E-state index contributed by atoms with van der Waals surface area (Å²) in [5.74, 6) is 0.513. The van der Waals surface area contributed by atoms with Crippen LogP contribution in [0.3, 0.4) is 0 Å². The normalized spacial score (nSPS) is 11.7. The summed E-state index contributed by atoms with van der Waals surface area (Å²) >= 11 is 5.75. The number of nitrogens with one attached hydrogen (secondary N) is 1. The van der Waals surface area contributed by atoms with Crippen LogP contribution in [0.1, 0.15) is 37.6 Å². The molecule has 2 rings (SSSR count). The van der Waals surface area contributed by atoms with Gasteiger partial charge in [0, 0.05) is 6.20 Å². The SMILES string of the molecule is CC(C)CCOc1ccc(C(=O)OC(C)C(=O)Nc2ccc(Cl)cn2)cc1. The maximum Gasteiger partial charge on any atom is 0.338 e. The van der Waals surface area contributed by atoms with E-state index >= 15 is 0 Å². The van der Waals surface area contributed by atoms with Gasteiger partial charge < -0.3 is 14.8 Å². The van der Waals surface area contributed by atoms with Crippen molar-refractivity contribution in [2.75, 3.05) is 11.9 Å². The molecule has 6 nitrogen and oxygen atoms in total. The number of pyridine rings is 1. The lowest BCUT2D eigenvalue weighted by Crippen LogP contribution is -2.30. The van der Waals surface area contributed by atoms with E-state index in [9.17, 15) is 9.59 Å². The second-order valence-corrected chi connectivity index (χ2v) is 6.89. The topological polar surface area (TPSA) is 77.5 Å². The highest BCUT2D eigenvalue weighted by molar-refractivity contribution is 6.30. The van der Waals surface area contributed by atoms with Crippen molar-refractivity contribution in [3.8, 4) is 5.75 Å². The molecule has 1 aromatic carbocycles. The minimum Gasteiger partial charge on any atom is -0.494 e. The number of esters is 1. The lowest BCUT2D eigenvalue weighted by atomic mass is 10.1. The molecule has 0 saturated heterocycles. The lowest BCUT2D eigenvalue weighted by molar-refractivity contribution is -0.123. The van der Waals surface area contributed by atoms with E-state index in [1.54, 1.807) is 36.4 Å². The Kier molecular flexibility index (Phi) is 7.61. The number of ether oxygens (including phenoxy) is 2. The van der Waals surface area contributed by atoms with E-state index in [4.69, 9.17) is 21.1 Å². The molecule has 0 aliphatic rings. The van der Waals surface area contributed by atoms with Gasteiger partial charge in [-0.25, -0.2) is 9.78 Å². The second kappa shape index (κ2) is 9.92. The highest BCUT2D eigenvalue weighted by Crippen LogP contribution is 2.15. The zero-order valence-corrected chi connectivity index (χ0v) is 16.3. The van der Waals surface area contributed by atoms with Crippen LogP contribution in [-0.2, 0) is 9.53 Å². The van der Waals surface area contributed by atoms with E-state index in [1.165, 1.54) is 13.1 Å². The summed E-state index contributed by atoms with van der Waals surface area (Å²) in [6, 6.07) is 9.80. The molecule has 0 radical (unpaired) electrons. The first kappa shape index (κ1) is 20.7. The molecule has 0 aliphatic heterocycles. The van der Waals surface area contributed by atoms with Crippen LogP contribution in [0.5, 0.6) is 5.75 Å². The van der Waals surface area contributed by atoms with Gasteiger partial charge in [0.05, 0.1) is 17.2 Å². The molecule has 1 N–H and O–H groups in total. The molecule has 0 spiro atoms. The summed E-state index contributed by atoms with van der Waals surface area (Å²) in [6.07, 6.45) is 1.40. The molecular formula is C20H23ClN2O4. The molecule has 144 valence electrons. The molecule has 0 aliphatic carbocycles. The molecule has 2 aromatic rings. The van der Waals surface area contributed by atoms with Crippen LogP contribution < -0.4 is 10.1 Å². The number of hydrogen-bond donors (Lipinski definition) is 1. The summed E-state index contributed by atoms with van der Waals surface area (Å²) in [6.45, 7) is 6.37. The van der Waals surface area contributed by atoms with E-state index in [2.05, 4.69) is 24.1 Å². The van der Waals surface area contributed by atoms with E-state index in [0.29, 0.717) is 34.7 Å². The van der Waals surface area contributed by atoms with Gasteiger partial charge in [0.15, 0.2) is 6.10 Å². The first-order chi connectivity index (χ1) is 12.8. The Morgan fingerprint density at radius 3 is 2.41 bits per heavy atom. The zero-order chi connectivity index (χ0) is 19.8. The van der Waals surface area contributed by atoms with E-state index in [1.807, 2.05) is 0 Å². The first-order valence-corrected chi connectivity index (χ1v) is 9.09. The molecule has 0 fully saturated rings. The fraction of sp³-hybridized carbons (Fsp3) is 0.350. The van der Waals surface area contributed by atoms with Crippen LogP contribution in [-0.4, -0.2) is 29.6 Å². The molecule has 0 bridgehead atoms. The minimum absolute atomic E-state index is 0.329. The Morgan fingerprint density at radius 2 is 1.81 bits per heavy atom. The average Bonchev–Trinajstić information content (AvgIpc) is 2.63. The number of benzene rings is 1. The molecular weight excluding hydrogens is 368 g/mol. The molecule has 27 heavy (non-hydrogen) atoms. The van der Waals surface area contributed by atoms with Gasteiger partial charge in [-0.2, -0.15) is 0 Å². The maximum atomic E-state index is 12.2. The van der Waals surface area contributed by atoms with Crippen LogP contribution in [0, 0.1) is 5.92 Å². The third-order valence-electron chi connectivity index (χ3n) is 3.69. The highest BCUT2D eigenvalue weighted by atomic mass is 35.5. The van der Waals surface area contributed by atoms with Gasteiger partial charge in [0.1, 0.15) is 11.6 Å². The second-order valence-electron chi connectivity index (χ2n) is 6.45. The van der Waals surface area contributed by atoms with Crippen molar-refractivity contribution in [3.05, 3.63) is 53.2 Å². The molecule has 1 aromatic heterocycles. The van der Waals surface area contributed by atoms with Gasteiger partial charge in [-0.05, 0) is 55.7 Å². The van der Waals surface area contributed by atoms with E-state index in [0.717, 1.165) is 6.42 Å². The number of rotatable bonds is 8. The smallest absolute Gasteiger partial charge is 0.338 e. The number of amides is 1. The Bertz CT molecular complexity index is 761. The van der Waals surface area contributed by atoms with Crippen molar-refractivity contribution in [2.24, 2.45) is 5.92 Å². The molecule has 0 saturated carbocycles.